The van der Waals surface area contributed by atoms with Gasteiger partial charge < -0.3 is 4.74 Å². The van der Waals surface area contributed by atoms with Crippen LogP contribution in [-0.4, -0.2) is 9.78 Å². The Morgan fingerprint density at radius 1 is 1.29 bits per heavy atom. The minimum absolute atomic E-state index is 0.527. The highest BCUT2D eigenvalue weighted by molar-refractivity contribution is 9.10. The zero-order chi connectivity index (χ0) is 12.4. The molecule has 0 amide bonds. The largest absolute Gasteiger partial charge is 0.486 e. The minimum atomic E-state index is 0.527. The molecule has 1 heterocycles. The predicted octanol–water partition coefficient (Wildman–Crippen LogP) is 3.38. The summed E-state index contributed by atoms with van der Waals surface area (Å²) in [5.41, 5.74) is 3.28. The van der Waals surface area contributed by atoms with E-state index in [2.05, 4.69) is 28.0 Å². The quantitative estimate of drug-likeness (QED) is 0.868. The van der Waals surface area contributed by atoms with Crippen LogP contribution in [0.2, 0.25) is 0 Å². The number of rotatable bonds is 3. The molecule has 0 bridgehead atoms. The Bertz CT molecular complexity index is 534. The number of halogens is 1. The van der Waals surface area contributed by atoms with Gasteiger partial charge in [-0.25, -0.2) is 0 Å². The van der Waals surface area contributed by atoms with Gasteiger partial charge in [0.2, 0.25) is 0 Å². The first kappa shape index (κ1) is 12.2. The lowest BCUT2D eigenvalue weighted by Gasteiger charge is -2.08. The van der Waals surface area contributed by atoms with Gasteiger partial charge in [0, 0.05) is 7.05 Å². The predicted molar refractivity (Wildman–Crippen MR) is 71.2 cm³/mol. The summed E-state index contributed by atoms with van der Waals surface area (Å²) >= 11 is 3.50. The van der Waals surface area contributed by atoms with E-state index in [0.29, 0.717) is 6.61 Å². The molecule has 0 fully saturated rings. The Balaban J connectivity index is 2.10. The summed E-state index contributed by atoms with van der Waals surface area (Å²) in [6, 6.07) is 8.09. The van der Waals surface area contributed by atoms with Gasteiger partial charge in [-0.05, 0) is 53.5 Å². The van der Waals surface area contributed by atoms with Gasteiger partial charge in [0.15, 0.2) is 0 Å². The number of nitrogens with zero attached hydrogens (tertiary/aromatic N) is 2. The van der Waals surface area contributed by atoms with Crippen LogP contribution >= 0.6 is 15.9 Å². The SMILES string of the molecule is Cc1ccc(OCc2cc(C)nn2C)c(Br)c1. The van der Waals surface area contributed by atoms with Crippen LogP contribution in [0.3, 0.4) is 0 Å². The summed E-state index contributed by atoms with van der Waals surface area (Å²) in [6.07, 6.45) is 0. The molecule has 0 aliphatic rings. The van der Waals surface area contributed by atoms with E-state index in [1.54, 1.807) is 0 Å². The van der Waals surface area contributed by atoms with E-state index in [9.17, 15) is 0 Å². The first-order valence-corrected chi connectivity index (χ1v) is 6.24. The van der Waals surface area contributed by atoms with Crippen LogP contribution in [0.1, 0.15) is 17.0 Å². The van der Waals surface area contributed by atoms with Crippen molar-refractivity contribution < 1.29 is 4.74 Å². The molecule has 0 spiro atoms. The summed E-state index contributed by atoms with van der Waals surface area (Å²) in [4.78, 5) is 0. The Hall–Kier alpha value is -1.29. The average molecular weight is 295 g/mol. The molecular formula is C13H15BrN2O. The van der Waals surface area contributed by atoms with Gasteiger partial charge in [0.1, 0.15) is 12.4 Å². The first-order valence-electron chi connectivity index (χ1n) is 5.45. The van der Waals surface area contributed by atoms with Crippen molar-refractivity contribution in [1.29, 1.82) is 0 Å². The van der Waals surface area contributed by atoms with Gasteiger partial charge in [0.25, 0.3) is 0 Å². The van der Waals surface area contributed by atoms with Crippen molar-refractivity contribution in [3.63, 3.8) is 0 Å². The molecule has 0 aliphatic heterocycles. The molecule has 0 saturated carbocycles. The standard InChI is InChI=1S/C13H15BrN2O/c1-9-4-5-13(12(14)6-9)17-8-11-7-10(2)15-16(11)3/h4-7H,8H2,1-3H3. The second-order valence-corrected chi connectivity index (χ2v) is 4.98. The molecule has 90 valence electrons. The number of benzene rings is 1. The molecular weight excluding hydrogens is 280 g/mol. The van der Waals surface area contributed by atoms with E-state index in [0.717, 1.165) is 21.6 Å². The number of hydrogen-bond donors (Lipinski definition) is 0. The Kier molecular flexibility index (Phi) is 3.52. The van der Waals surface area contributed by atoms with Gasteiger partial charge in [-0.15, -0.1) is 0 Å². The molecule has 4 heteroatoms. The Morgan fingerprint density at radius 3 is 2.65 bits per heavy atom. The van der Waals surface area contributed by atoms with E-state index in [-0.39, 0.29) is 0 Å². The molecule has 0 N–H and O–H groups in total. The molecule has 0 aliphatic carbocycles. The maximum absolute atomic E-state index is 5.76. The van der Waals surface area contributed by atoms with Gasteiger partial charge in [-0.1, -0.05) is 6.07 Å². The molecule has 0 atom stereocenters. The summed E-state index contributed by atoms with van der Waals surface area (Å²) in [5, 5.41) is 4.28. The van der Waals surface area contributed by atoms with Crippen molar-refractivity contribution in [1.82, 2.24) is 9.78 Å². The van der Waals surface area contributed by atoms with E-state index < -0.39 is 0 Å². The van der Waals surface area contributed by atoms with E-state index in [1.165, 1.54) is 5.56 Å². The van der Waals surface area contributed by atoms with Gasteiger partial charge in [-0.2, -0.15) is 5.10 Å². The molecule has 17 heavy (non-hydrogen) atoms. The molecule has 1 aromatic carbocycles. The van der Waals surface area contributed by atoms with Crippen LogP contribution in [0.25, 0.3) is 0 Å². The molecule has 2 aromatic rings. The Morgan fingerprint density at radius 2 is 2.06 bits per heavy atom. The van der Waals surface area contributed by atoms with Crippen LogP contribution in [-0.2, 0) is 13.7 Å². The molecule has 2 rings (SSSR count). The van der Waals surface area contributed by atoms with E-state index in [1.807, 2.05) is 42.9 Å². The maximum atomic E-state index is 5.76. The molecule has 0 unspecified atom stereocenters. The molecule has 3 nitrogen and oxygen atoms in total. The number of aryl methyl sites for hydroxylation is 3. The third-order valence-electron chi connectivity index (χ3n) is 2.56. The van der Waals surface area contributed by atoms with Crippen LogP contribution in [0.5, 0.6) is 5.75 Å². The fourth-order valence-corrected chi connectivity index (χ4v) is 2.28. The highest BCUT2D eigenvalue weighted by atomic mass is 79.9. The fraction of sp³-hybridized carbons (Fsp3) is 0.308. The lowest BCUT2D eigenvalue weighted by Crippen LogP contribution is -2.03. The van der Waals surface area contributed by atoms with Gasteiger partial charge in [0.05, 0.1) is 15.9 Å². The highest BCUT2D eigenvalue weighted by Crippen LogP contribution is 2.26. The van der Waals surface area contributed by atoms with Crippen LogP contribution in [0.4, 0.5) is 0 Å². The second-order valence-electron chi connectivity index (χ2n) is 4.12. The van der Waals surface area contributed by atoms with Crippen molar-refractivity contribution in [2.75, 3.05) is 0 Å². The highest BCUT2D eigenvalue weighted by Gasteiger charge is 2.05. The number of hydrogen-bond acceptors (Lipinski definition) is 2. The fourth-order valence-electron chi connectivity index (χ4n) is 1.67. The summed E-state index contributed by atoms with van der Waals surface area (Å²) in [6.45, 7) is 4.56. The summed E-state index contributed by atoms with van der Waals surface area (Å²) in [5.74, 6) is 0.856. The number of aromatic nitrogens is 2. The van der Waals surface area contributed by atoms with Crippen molar-refractivity contribution in [3.05, 3.63) is 45.7 Å². The van der Waals surface area contributed by atoms with Crippen LogP contribution in [0.15, 0.2) is 28.7 Å². The monoisotopic (exact) mass is 294 g/mol. The zero-order valence-electron chi connectivity index (χ0n) is 10.2. The summed E-state index contributed by atoms with van der Waals surface area (Å²) in [7, 11) is 1.93. The van der Waals surface area contributed by atoms with Gasteiger partial charge in [-0.3, -0.25) is 4.68 Å². The van der Waals surface area contributed by atoms with Crippen molar-refractivity contribution in [2.24, 2.45) is 7.05 Å². The molecule has 0 saturated heterocycles. The first-order chi connectivity index (χ1) is 8.06. The Labute approximate surface area is 110 Å². The molecule has 0 radical (unpaired) electrons. The van der Waals surface area contributed by atoms with E-state index in [4.69, 9.17) is 4.74 Å². The topological polar surface area (TPSA) is 27.1 Å². The van der Waals surface area contributed by atoms with Crippen molar-refractivity contribution >= 4 is 15.9 Å². The smallest absolute Gasteiger partial charge is 0.134 e. The van der Waals surface area contributed by atoms with E-state index >= 15 is 0 Å². The van der Waals surface area contributed by atoms with Crippen molar-refractivity contribution in [3.8, 4) is 5.75 Å². The lowest BCUT2D eigenvalue weighted by atomic mass is 10.2. The van der Waals surface area contributed by atoms with Crippen LogP contribution < -0.4 is 4.74 Å². The van der Waals surface area contributed by atoms with Crippen LogP contribution in [0, 0.1) is 13.8 Å². The third kappa shape index (κ3) is 2.88. The maximum Gasteiger partial charge on any atom is 0.134 e. The number of ether oxygens (including phenoxy) is 1. The minimum Gasteiger partial charge on any atom is -0.486 e. The molecule has 1 aromatic heterocycles. The normalized spacial score (nSPS) is 10.6. The lowest BCUT2D eigenvalue weighted by molar-refractivity contribution is 0.293. The van der Waals surface area contributed by atoms with Gasteiger partial charge >= 0.3 is 0 Å². The van der Waals surface area contributed by atoms with Crippen molar-refractivity contribution in [2.45, 2.75) is 20.5 Å². The average Bonchev–Trinajstić information content (AvgIpc) is 2.56. The summed E-state index contributed by atoms with van der Waals surface area (Å²) < 4.78 is 8.59. The zero-order valence-corrected chi connectivity index (χ0v) is 11.8. The third-order valence-corrected chi connectivity index (χ3v) is 3.18. The second kappa shape index (κ2) is 4.92.